The van der Waals surface area contributed by atoms with E-state index in [-0.39, 0.29) is 6.04 Å². The van der Waals surface area contributed by atoms with Gasteiger partial charge in [-0.1, -0.05) is 13.3 Å². The lowest BCUT2D eigenvalue weighted by atomic mass is 10.0. The molecule has 1 aliphatic heterocycles. The van der Waals surface area contributed by atoms with Crippen LogP contribution in [-0.2, 0) is 0 Å². The van der Waals surface area contributed by atoms with Gasteiger partial charge in [-0.25, -0.2) is 0 Å². The number of likely N-dealkylation sites (N-methyl/N-ethyl adjacent to an activating group) is 1. The van der Waals surface area contributed by atoms with Crippen molar-refractivity contribution in [2.24, 2.45) is 5.73 Å². The molecule has 2 atom stereocenters. The Morgan fingerprint density at radius 2 is 1.90 bits per heavy atom. The third-order valence-electron chi connectivity index (χ3n) is 3.94. The molecular weight excluding hydrogens is 254 g/mol. The molecule has 0 bridgehead atoms. The van der Waals surface area contributed by atoms with Crippen molar-refractivity contribution in [2.75, 3.05) is 38.1 Å². The maximum absolute atomic E-state index is 5.77. The molecule has 6 nitrogen and oxygen atoms in total. The fourth-order valence-electron chi connectivity index (χ4n) is 2.43. The average molecular weight is 281 g/mol. The van der Waals surface area contributed by atoms with Gasteiger partial charge < -0.3 is 20.1 Å². The highest BCUT2D eigenvalue weighted by atomic mass is 16.5. The highest BCUT2D eigenvalue weighted by Crippen LogP contribution is 2.22. The molecule has 1 aromatic heterocycles. The smallest absolute Gasteiger partial charge is 0.266 e. The Labute approximate surface area is 121 Å². The quantitative estimate of drug-likeness (QED) is 0.851. The normalized spacial score (nSPS) is 20.1. The van der Waals surface area contributed by atoms with Gasteiger partial charge in [0.2, 0.25) is 5.89 Å². The number of nitrogens with two attached hydrogens (primary N) is 1. The first-order valence-electron chi connectivity index (χ1n) is 7.59. The molecule has 1 aliphatic rings. The molecular formula is C14H27N5O. The molecule has 1 aromatic rings. The summed E-state index contributed by atoms with van der Waals surface area (Å²) in [5.41, 5.74) is 5.77. The summed E-state index contributed by atoms with van der Waals surface area (Å²) >= 11 is 0. The van der Waals surface area contributed by atoms with E-state index in [1.165, 1.54) is 0 Å². The predicted octanol–water partition coefficient (Wildman–Crippen LogP) is 1.44. The molecule has 0 amide bonds. The van der Waals surface area contributed by atoms with Crippen molar-refractivity contribution in [1.29, 1.82) is 0 Å². The minimum atomic E-state index is 0.269. The molecule has 2 unspecified atom stereocenters. The molecule has 1 saturated heterocycles. The molecule has 2 rings (SSSR count). The first-order chi connectivity index (χ1) is 9.56. The number of rotatable bonds is 6. The Morgan fingerprint density at radius 3 is 2.55 bits per heavy atom. The van der Waals surface area contributed by atoms with E-state index in [1.54, 1.807) is 0 Å². The lowest BCUT2D eigenvalue weighted by Crippen LogP contribution is -2.44. The summed E-state index contributed by atoms with van der Waals surface area (Å²) in [7, 11) is 2.14. The zero-order chi connectivity index (χ0) is 14.5. The van der Waals surface area contributed by atoms with Gasteiger partial charge in [-0.15, -0.1) is 0 Å². The summed E-state index contributed by atoms with van der Waals surface area (Å²) in [6.07, 6.45) is 3.20. The van der Waals surface area contributed by atoms with E-state index >= 15 is 0 Å². The van der Waals surface area contributed by atoms with Crippen LogP contribution in [0.25, 0.3) is 0 Å². The zero-order valence-corrected chi connectivity index (χ0v) is 12.9. The summed E-state index contributed by atoms with van der Waals surface area (Å²) in [5.74, 6) is 1.80. The first kappa shape index (κ1) is 15.3. The Bertz CT molecular complexity index is 398. The third kappa shape index (κ3) is 4.18. The summed E-state index contributed by atoms with van der Waals surface area (Å²) in [6, 6.07) is 0.269. The van der Waals surface area contributed by atoms with Crippen LogP contribution in [0.5, 0.6) is 0 Å². The van der Waals surface area contributed by atoms with Crippen LogP contribution in [0.4, 0.5) is 5.95 Å². The van der Waals surface area contributed by atoms with E-state index in [9.17, 15) is 0 Å². The van der Waals surface area contributed by atoms with E-state index in [1.807, 2.05) is 6.92 Å². The second-order valence-corrected chi connectivity index (χ2v) is 6.03. The Balaban J connectivity index is 1.85. The highest BCUT2D eigenvalue weighted by molar-refractivity contribution is 5.28. The number of nitrogens with zero attached hydrogens (tertiary/aromatic N) is 4. The molecule has 0 aromatic carbocycles. The SMILES string of the molecule is CC(N)CCCC(C)c1nc(N2CCN(C)CC2)no1. The van der Waals surface area contributed by atoms with Gasteiger partial charge in [0.05, 0.1) is 0 Å². The summed E-state index contributed by atoms with van der Waals surface area (Å²) in [6.45, 7) is 8.22. The minimum Gasteiger partial charge on any atom is -0.337 e. The first-order valence-corrected chi connectivity index (χ1v) is 7.59. The van der Waals surface area contributed by atoms with E-state index in [2.05, 4.69) is 33.9 Å². The monoisotopic (exact) mass is 281 g/mol. The molecule has 0 aliphatic carbocycles. The molecule has 20 heavy (non-hydrogen) atoms. The average Bonchev–Trinajstić information content (AvgIpc) is 2.88. The van der Waals surface area contributed by atoms with Gasteiger partial charge >= 0.3 is 0 Å². The lowest BCUT2D eigenvalue weighted by molar-refractivity contribution is 0.308. The van der Waals surface area contributed by atoms with Gasteiger partial charge in [0.15, 0.2) is 0 Å². The summed E-state index contributed by atoms with van der Waals surface area (Å²) in [5, 5.41) is 4.13. The highest BCUT2D eigenvalue weighted by Gasteiger charge is 2.21. The second-order valence-electron chi connectivity index (χ2n) is 6.03. The van der Waals surface area contributed by atoms with Gasteiger partial charge in [-0.2, -0.15) is 4.98 Å². The molecule has 1 fully saturated rings. The molecule has 2 heterocycles. The van der Waals surface area contributed by atoms with Crippen LogP contribution in [0, 0.1) is 0 Å². The van der Waals surface area contributed by atoms with Crippen molar-refractivity contribution in [3.05, 3.63) is 5.89 Å². The van der Waals surface area contributed by atoms with E-state index in [0.29, 0.717) is 5.92 Å². The van der Waals surface area contributed by atoms with Crippen molar-refractivity contribution in [3.8, 4) is 0 Å². The molecule has 0 saturated carbocycles. The molecule has 0 spiro atoms. The fraction of sp³-hybridized carbons (Fsp3) is 0.857. The number of hydrogen-bond donors (Lipinski definition) is 1. The standard InChI is InChI=1S/C14H27N5O/c1-11(5-4-6-12(2)15)13-16-14(17-20-13)19-9-7-18(3)8-10-19/h11-12H,4-10,15H2,1-3H3. The van der Waals surface area contributed by atoms with Gasteiger partial charge in [0, 0.05) is 38.1 Å². The van der Waals surface area contributed by atoms with Crippen molar-refractivity contribution in [1.82, 2.24) is 15.0 Å². The maximum Gasteiger partial charge on any atom is 0.266 e. The number of aromatic nitrogens is 2. The minimum absolute atomic E-state index is 0.269. The molecule has 6 heteroatoms. The van der Waals surface area contributed by atoms with Gasteiger partial charge in [-0.05, 0) is 32.0 Å². The fourth-order valence-corrected chi connectivity index (χ4v) is 2.43. The van der Waals surface area contributed by atoms with Crippen molar-refractivity contribution < 1.29 is 4.52 Å². The Hall–Kier alpha value is -1.14. The van der Waals surface area contributed by atoms with Crippen molar-refractivity contribution >= 4 is 5.95 Å². The number of hydrogen-bond acceptors (Lipinski definition) is 6. The van der Waals surface area contributed by atoms with Crippen LogP contribution in [-0.4, -0.2) is 54.3 Å². The van der Waals surface area contributed by atoms with Gasteiger partial charge in [0.25, 0.3) is 5.95 Å². The Morgan fingerprint density at radius 1 is 1.20 bits per heavy atom. The maximum atomic E-state index is 5.77. The summed E-state index contributed by atoms with van der Waals surface area (Å²) < 4.78 is 5.42. The zero-order valence-electron chi connectivity index (χ0n) is 12.9. The molecule has 2 N–H and O–H groups in total. The van der Waals surface area contributed by atoms with Crippen molar-refractivity contribution in [3.63, 3.8) is 0 Å². The van der Waals surface area contributed by atoms with Crippen molar-refractivity contribution in [2.45, 2.75) is 45.1 Å². The number of piperazine rings is 1. The second kappa shape index (κ2) is 7.04. The van der Waals surface area contributed by atoms with E-state index < -0.39 is 0 Å². The van der Waals surface area contributed by atoms with Crippen LogP contribution in [0.3, 0.4) is 0 Å². The predicted molar refractivity (Wildman–Crippen MR) is 79.9 cm³/mol. The topological polar surface area (TPSA) is 71.4 Å². The van der Waals surface area contributed by atoms with Gasteiger partial charge in [-0.3, -0.25) is 0 Å². The third-order valence-corrected chi connectivity index (χ3v) is 3.94. The van der Waals surface area contributed by atoms with Crippen LogP contribution in [0.2, 0.25) is 0 Å². The van der Waals surface area contributed by atoms with Crippen LogP contribution < -0.4 is 10.6 Å². The van der Waals surface area contributed by atoms with Crippen LogP contribution >= 0.6 is 0 Å². The van der Waals surface area contributed by atoms with E-state index in [0.717, 1.165) is 57.3 Å². The largest absolute Gasteiger partial charge is 0.337 e. The van der Waals surface area contributed by atoms with Gasteiger partial charge in [0.1, 0.15) is 0 Å². The molecule has 0 radical (unpaired) electrons. The van der Waals surface area contributed by atoms with Crippen LogP contribution in [0.1, 0.15) is 44.9 Å². The number of anilines is 1. The van der Waals surface area contributed by atoms with E-state index in [4.69, 9.17) is 10.3 Å². The summed E-state index contributed by atoms with van der Waals surface area (Å²) in [4.78, 5) is 9.06. The van der Waals surface area contributed by atoms with Crippen LogP contribution in [0.15, 0.2) is 4.52 Å². The Kier molecular flexibility index (Phi) is 5.37. The molecule has 114 valence electrons. The lowest BCUT2D eigenvalue weighted by Gasteiger charge is -2.31.